The molecular weight excluding hydrogens is 388 g/mol. The monoisotopic (exact) mass is 410 g/mol. The molecule has 0 unspecified atom stereocenters. The number of rotatable bonds is 6. The van der Waals surface area contributed by atoms with Crippen molar-refractivity contribution in [1.29, 1.82) is 0 Å². The molecule has 1 aliphatic heterocycles. The minimum Gasteiger partial charge on any atom is -0.455 e. The fourth-order valence-electron chi connectivity index (χ4n) is 3.42. The van der Waals surface area contributed by atoms with E-state index in [4.69, 9.17) is 4.42 Å². The molecule has 1 saturated heterocycles. The van der Waals surface area contributed by atoms with Crippen molar-refractivity contribution in [2.24, 2.45) is 0 Å². The Hall–Kier alpha value is -3.06. The number of nitrogens with zero attached hydrogens (tertiary/aromatic N) is 1. The van der Waals surface area contributed by atoms with Crippen LogP contribution in [-0.2, 0) is 15.6 Å². The molecule has 6 nitrogen and oxygen atoms in total. The summed E-state index contributed by atoms with van der Waals surface area (Å²) in [5.41, 5.74) is 1.75. The average Bonchev–Trinajstić information content (AvgIpc) is 3.41. The lowest BCUT2D eigenvalue weighted by Crippen LogP contribution is -2.18. The first-order valence-electron chi connectivity index (χ1n) is 9.54. The predicted molar refractivity (Wildman–Crippen MR) is 112 cm³/mol. The maximum atomic E-state index is 12.5. The van der Waals surface area contributed by atoms with Crippen LogP contribution in [0.25, 0.3) is 0 Å². The maximum absolute atomic E-state index is 12.5. The molecule has 0 atom stereocenters. The van der Waals surface area contributed by atoms with Crippen LogP contribution in [0, 0.1) is 0 Å². The molecule has 1 amide bonds. The molecule has 3 aromatic rings. The molecule has 29 heavy (non-hydrogen) atoms. The molecular formula is C22H22N2O4S. The highest BCUT2D eigenvalue weighted by Crippen LogP contribution is 2.24. The largest absolute Gasteiger partial charge is 0.455 e. The van der Waals surface area contributed by atoms with E-state index in [1.54, 1.807) is 30.3 Å². The van der Waals surface area contributed by atoms with Gasteiger partial charge in [-0.05, 0) is 55.3 Å². The molecule has 0 bridgehead atoms. The van der Waals surface area contributed by atoms with Gasteiger partial charge in [-0.2, -0.15) is 0 Å². The molecule has 1 N–H and O–H groups in total. The average molecular weight is 410 g/mol. The molecule has 0 saturated carbocycles. The lowest BCUT2D eigenvalue weighted by Gasteiger charge is -2.18. The Labute approximate surface area is 170 Å². The first kappa shape index (κ1) is 19.3. The summed E-state index contributed by atoms with van der Waals surface area (Å²) in [7, 11) is -3.53. The SMILES string of the molecule is O=C(Nc1cccc(N2CCCC2)c1)c1ccc(CS(=O)(=O)c2ccccc2)o1. The second-order valence-corrected chi connectivity index (χ2v) is 9.03. The molecule has 2 aromatic carbocycles. The van der Waals surface area contributed by atoms with Crippen LogP contribution in [0.3, 0.4) is 0 Å². The van der Waals surface area contributed by atoms with Gasteiger partial charge >= 0.3 is 0 Å². The lowest BCUT2D eigenvalue weighted by atomic mass is 10.2. The third-order valence-corrected chi connectivity index (χ3v) is 6.55. The molecule has 0 radical (unpaired) electrons. The molecule has 1 fully saturated rings. The number of benzene rings is 2. The maximum Gasteiger partial charge on any atom is 0.291 e. The number of carbonyl (C=O) groups is 1. The molecule has 0 aliphatic carbocycles. The smallest absolute Gasteiger partial charge is 0.291 e. The number of nitrogens with one attached hydrogen (secondary N) is 1. The summed E-state index contributed by atoms with van der Waals surface area (Å²) < 4.78 is 30.4. The van der Waals surface area contributed by atoms with Crippen molar-refractivity contribution in [3.63, 3.8) is 0 Å². The molecule has 7 heteroatoms. The van der Waals surface area contributed by atoms with Gasteiger partial charge in [0.15, 0.2) is 15.6 Å². The van der Waals surface area contributed by atoms with Crippen LogP contribution < -0.4 is 10.2 Å². The minimum absolute atomic E-state index is 0.0786. The van der Waals surface area contributed by atoms with Crippen molar-refractivity contribution in [1.82, 2.24) is 0 Å². The van der Waals surface area contributed by atoms with Crippen LogP contribution in [0.4, 0.5) is 11.4 Å². The van der Waals surface area contributed by atoms with Crippen LogP contribution in [0.1, 0.15) is 29.2 Å². The van der Waals surface area contributed by atoms with Crippen LogP contribution >= 0.6 is 0 Å². The molecule has 4 rings (SSSR count). The number of furan rings is 1. The van der Waals surface area contributed by atoms with Crippen LogP contribution in [-0.4, -0.2) is 27.4 Å². The normalized spacial score (nSPS) is 14.1. The quantitative estimate of drug-likeness (QED) is 0.662. The third kappa shape index (κ3) is 4.51. The standard InChI is InChI=1S/C22H22N2O4S/c25-22(23-17-7-6-8-18(15-17)24-13-4-5-14-24)21-12-11-19(28-21)16-29(26,27)20-9-2-1-3-10-20/h1-3,6-12,15H,4-5,13-14,16H2,(H,23,25). The number of carbonyl (C=O) groups excluding carboxylic acids is 1. The van der Waals surface area contributed by atoms with Gasteiger partial charge in [0.2, 0.25) is 0 Å². The number of hydrogen-bond acceptors (Lipinski definition) is 5. The lowest BCUT2D eigenvalue weighted by molar-refractivity contribution is 0.0995. The molecule has 0 spiro atoms. The highest BCUT2D eigenvalue weighted by Gasteiger charge is 2.19. The topological polar surface area (TPSA) is 79.6 Å². The van der Waals surface area contributed by atoms with Crippen LogP contribution in [0.15, 0.2) is 76.0 Å². The van der Waals surface area contributed by atoms with Gasteiger partial charge in [0.1, 0.15) is 11.5 Å². The van der Waals surface area contributed by atoms with Crippen molar-refractivity contribution in [2.75, 3.05) is 23.3 Å². The Morgan fingerprint density at radius 1 is 0.966 bits per heavy atom. The van der Waals surface area contributed by atoms with E-state index in [9.17, 15) is 13.2 Å². The zero-order valence-electron chi connectivity index (χ0n) is 15.9. The van der Waals surface area contributed by atoms with Crippen LogP contribution in [0.5, 0.6) is 0 Å². The van der Waals surface area contributed by atoms with Gasteiger partial charge in [0, 0.05) is 24.5 Å². The molecule has 2 heterocycles. The summed E-state index contributed by atoms with van der Waals surface area (Å²) in [5.74, 6) is -0.402. The zero-order chi connectivity index (χ0) is 20.3. The fourth-order valence-corrected chi connectivity index (χ4v) is 4.69. The summed E-state index contributed by atoms with van der Waals surface area (Å²) in [6.45, 7) is 2.05. The summed E-state index contributed by atoms with van der Waals surface area (Å²) in [4.78, 5) is 15.0. The van der Waals surface area contributed by atoms with E-state index < -0.39 is 15.7 Å². The summed E-state index contributed by atoms with van der Waals surface area (Å²) in [6.07, 6.45) is 2.36. The summed E-state index contributed by atoms with van der Waals surface area (Å²) >= 11 is 0. The van der Waals surface area contributed by atoms with E-state index in [1.807, 2.05) is 24.3 Å². The van der Waals surface area contributed by atoms with Gasteiger partial charge < -0.3 is 14.6 Å². The number of sulfone groups is 1. The van der Waals surface area contributed by atoms with E-state index in [-0.39, 0.29) is 22.2 Å². The number of amides is 1. The minimum atomic E-state index is -3.53. The fraction of sp³-hybridized carbons (Fsp3) is 0.227. The van der Waals surface area contributed by atoms with Crippen molar-refractivity contribution in [3.8, 4) is 0 Å². The van der Waals surface area contributed by atoms with E-state index in [1.165, 1.54) is 25.0 Å². The second-order valence-electron chi connectivity index (χ2n) is 7.04. The Morgan fingerprint density at radius 3 is 2.48 bits per heavy atom. The first-order valence-corrected chi connectivity index (χ1v) is 11.2. The molecule has 150 valence electrons. The van der Waals surface area contributed by atoms with E-state index in [2.05, 4.69) is 10.2 Å². The van der Waals surface area contributed by atoms with Gasteiger partial charge in [-0.1, -0.05) is 24.3 Å². The van der Waals surface area contributed by atoms with Gasteiger partial charge in [-0.3, -0.25) is 4.79 Å². The third-order valence-electron chi connectivity index (χ3n) is 4.90. The van der Waals surface area contributed by atoms with Crippen LogP contribution in [0.2, 0.25) is 0 Å². The van der Waals surface area contributed by atoms with Gasteiger partial charge in [-0.15, -0.1) is 0 Å². The van der Waals surface area contributed by atoms with E-state index >= 15 is 0 Å². The highest BCUT2D eigenvalue weighted by atomic mass is 32.2. The van der Waals surface area contributed by atoms with Crippen molar-refractivity contribution >= 4 is 27.1 Å². The molecule has 1 aliphatic rings. The van der Waals surface area contributed by atoms with E-state index in [0.717, 1.165) is 18.8 Å². The first-order chi connectivity index (χ1) is 14.0. The van der Waals surface area contributed by atoms with Gasteiger partial charge in [-0.25, -0.2) is 8.42 Å². The number of anilines is 2. The Balaban J connectivity index is 1.44. The second kappa shape index (κ2) is 8.13. The summed E-state index contributed by atoms with van der Waals surface area (Å²) in [5, 5.41) is 2.82. The Morgan fingerprint density at radius 2 is 1.72 bits per heavy atom. The Kier molecular flexibility index (Phi) is 5.40. The van der Waals surface area contributed by atoms with Crippen molar-refractivity contribution in [3.05, 3.63) is 78.3 Å². The van der Waals surface area contributed by atoms with Crippen molar-refractivity contribution < 1.29 is 17.6 Å². The van der Waals surface area contributed by atoms with Gasteiger partial charge in [0.05, 0.1) is 4.90 Å². The number of hydrogen-bond donors (Lipinski definition) is 1. The predicted octanol–water partition coefficient (Wildman–Crippen LogP) is 4.11. The van der Waals surface area contributed by atoms with Crippen molar-refractivity contribution in [2.45, 2.75) is 23.5 Å². The summed E-state index contributed by atoms with van der Waals surface area (Å²) in [6, 6.07) is 18.9. The van der Waals surface area contributed by atoms with E-state index in [0.29, 0.717) is 5.69 Å². The Bertz CT molecular complexity index is 1100. The van der Waals surface area contributed by atoms with Gasteiger partial charge in [0.25, 0.3) is 5.91 Å². The highest BCUT2D eigenvalue weighted by molar-refractivity contribution is 7.90. The molecule has 1 aromatic heterocycles. The zero-order valence-corrected chi connectivity index (χ0v) is 16.7.